The van der Waals surface area contributed by atoms with E-state index in [0.29, 0.717) is 18.0 Å². The molecule has 0 aliphatic carbocycles. The summed E-state index contributed by atoms with van der Waals surface area (Å²) in [6, 6.07) is 2.95. The van der Waals surface area contributed by atoms with Crippen molar-refractivity contribution in [2.75, 3.05) is 27.8 Å². The number of hydrogen-bond acceptors (Lipinski definition) is 4. The fourth-order valence-corrected chi connectivity index (χ4v) is 1.52. The van der Waals surface area contributed by atoms with Crippen LogP contribution in [0.3, 0.4) is 0 Å². The Balaban J connectivity index is 3.25. The summed E-state index contributed by atoms with van der Waals surface area (Å²) in [6.45, 7) is 0.701. The van der Waals surface area contributed by atoms with E-state index in [-0.39, 0.29) is 5.56 Å². The predicted octanol–water partition coefficient (Wildman–Crippen LogP) is 1.63. The molecule has 5 nitrogen and oxygen atoms in total. The molecule has 0 amide bonds. The number of hydrogen-bond donors (Lipinski definition) is 2. The number of benzene rings is 1. The maximum Gasteiger partial charge on any atom is 0.335 e. The summed E-state index contributed by atoms with van der Waals surface area (Å²) in [4.78, 5) is 11.0. The van der Waals surface area contributed by atoms with Crippen molar-refractivity contribution in [3.8, 4) is 11.5 Å². The molecule has 0 radical (unpaired) electrons. The van der Waals surface area contributed by atoms with Gasteiger partial charge in [0.25, 0.3) is 0 Å². The van der Waals surface area contributed by atoms with E-state index >= 15 is 0 Å². The highest BCUT2D eigenvalue weighted by Crippen LogP contribution is 2.31. The van der Waals surface area contributed by atoms with E-state index in [9.17, 15) is 4.79 Å². The van der Waals surface area contributed by atoms with Crippen LogP contribution in [0.25, 0.3) is 6.08 Å². The van der Waals surface area contributed by atoms with Crippen LogP contribution >= 0.6 is 0 Å². The van der Waals surface area contributed by atoms with E-state index < -0.39 is 5.97 Å². The fourth-order valence-electron chi connectivity index (χ4n) is 1.52. The number of carboxylic acids is 1. The minimum Gasteiger partial charge on any atom is -0.496 e. The molecule has 0 aromatic heterocycles. The van der Waals surface area contributed by atoms with Gasteiger partial charge in [0.05, 0.1) is 25.3 Å². The average Bonchev–Trinajstić information content (AvgIpc) is 2.38. The monoisotopic (exact) mass is 251 g/mol. The molecule has 0 aliphatic rings. The first-order valence-electron chi connectivity index (χ1n) is 5.44. The molecule has 0 bridgehead atoms. The summed E-state index contributed by atoms with van der Waals surface area (Å²) >= 11 is 0. The zero-order valence-corrected chi connectivity index (χ0v) is 10.7. The summed E-state index contributed by atoms with van der Waals surface area (Å²) in [5.41, 5.74) is 0.856. The zero-order chi connectivity index (χ0) is 13.5. The van der Waals surface area contributed by atoms with Gasteiger partial charge in [-0.2, -0.15) is 0 Å². The molecular formula is C13H17NO4. The van der Waals surface area contributed by atoms with Gasteiger partial charge in [-0.1, -0.05) is 12.2 Å². The molecule has 0 aliphatic heterocycles. The minimum atomic E-state index is -1.02. The Labute approximate surface area is 106 Å². The molecule has 0 fully saturated rings. The number of ether oxygens (including phenoxy) is 2. The van der Waals surface area contributed by atoms with Crippen LogP contribution in [0.4, 0.5) is 0 Å². The Morgan fingerprint density at radius 2 is 1.89 bits per heavy atom. The van der Waals surface area contributed by atoms with Gasteiger partial charge in [-0.15, -0.1) is 0 Å². The molecule has 0 heterocycles. The van der Waals surface area contributed by atoms with Gasteiger partial charge in [0.1, 0.15) is 11.5 Å². The highest BCUT2D eigenvalue weighted by atomic mass is 16.5. The van der Waals surface area contributed by atoms with Crippen molar-refractivity contribution in [2.24, 2.45) is 0 Å². The molecule has 1 aromatic rings. The third kappa shape index (κ3) is 3.24. The van der Waals surface area contributed by atoms with Gasteiger partial charge in [0.2, 0.25) is 0 Å². The van der Waals surface area contributed by atoms with Crippen LogP contribution in [-0.2, 0) is 0 Å². The first-order chi connectivity index (χ1) is 8.63. The largest absolute Gasteiger partial charge is 0.496 e. The lowest BCUT2D eigenvalue weighted by molar-refractivity contribution is 0.0696. The van der Waals surface area contributed by atoms with Crippen molar-refractivity contribution in [1.29, 1.82) is 0 Å². The van der Waals surface area contributed by atoms with Gasteiger partial charge in [0, 0.05) is 6.54 Å². The molecule has 0 saturated heterocycles. The number of carbonyl (C=O) groups is 1. The van der Waals surface area contributed by atoms with Crippen molar-refractivity contribution >= 4 is 12.0 Å². The Morgan fingerprint density at radius 3 is 2.28 bits per heavy atom. The van der Waals surface area contributed by atoms with E-state index in [4.69, 9.17) is 14.6 Å². The second kappa shape index (κ2) is 6.66. The highest BCUT2D eigenvalue weighted by Gasteiger charge is 2.13. The van der Waals surface area contributed by atoms with E-state index in [1.54, 1.807) is 0 Å². The molecule has 5 heteroatoms. The summed E-state index contributed by atoms with van der Waals surface area (Å²) in [6.07, 6.45) is 3.74. The molecule has 1 rings (SSSR count). The Morgan fingerprint density at radius 1 is 1.33 bits per heavy atom. The maximum atomic E-state index is 11.0. The van der Waals surface area contributed by atoms with Crippen LogP contribution in [-0.4, -0.2) is 38.9 Å². The molecular weight excluding hydrogens is 234 g/mol. The van der Waals surface area contributed by atoms with Crippen molar-refractivity contribution in [3.05, 3.63) is 29.3 Å². The summed E-state index contributed by atoms with van der Waals surface area (Å²) in [5.74, 6) is -0.0736. The highest BCUT2D eigenvalue weighted by molar-refractivity contribution is 5.90. The molecule has 0 saturated carbocycles. The topological polar surface area (TPSA) is 67.8 Å². The normalized spacial score (nSPS) is 10.6. The Hall–Kier alpha value is -2.01. The average molecular weight is 251 g/mol. The lowest BCUT2D eigenvalue weighted by atomic mass is 10.1. The SMILES string of the molecule is CNCC=Cc1c(OC)cc(C(=O)O)cc1OC. The van der Waals surface area contributed by atoms with Gasteiger partial charge in [-0.3, -0.25) is 0 Å². The van der Waals surface area contributed by atoms with Crippen LogP contribution in [0.15, 0.2) is 18.2 Å². The molecule has 0 atom stereocenters. The number of rotatable bonds is 6. The zero-order valence-electron chi connectivity index (χ0n) is 10.7. The van der Waals surface area contributed by atoms with Crippen molar-refractivity contribution < 1.29 is 19.4 Å². The Bertz CT molecular complexity index is 429. The maximum absolute atomic E-state index is 11.0. The molecule has 0 spiro atoms. The summed E-state index contributed by atoms with van der Waals surface area (Å²) < 4.78 is 10.4. The number of carboxylic acid groups (broad SMARTS) is 1. The van der Waals surface area contributed by atoms with Crippen LogP contribution in [0.2, 0.25) is 0 Å². The van der Waals surface area contributed by atoms with Gasteiger partial charge >= 0.3 is 5.97 Å². The second-order valence-electron chi connectivity index (χ2n) is 3.56. The number of methoxy groups -OCH3 is 2. The molecule has 1 aromatic carbocycles. The van der Waals surface area contributed by atoms with Crippen LogP contribution in [0.1, 0.15) is 15.9 Å². The van der Waals surface area contributed by atoms with Gasteiger partial charge in [0.15, 0.2) is 0 Å². The quantitative estimate of drug-likeness (QED) is 0.804. The predicted molar refractivity (Wildman–Crippen MR) is 69.5 cm³/mol. The lowest BCUT2D eigenvalue weighted by Crippen LogP contribution is -2.04. The van der Waals surface area contributed by atoms with Crippen molar-refractivity contribution in [2.45, 2.75) is 0 Å². The van der Waals surface area contributed by atoms with Gasteiger partial charge < -0.3 is 19.9 Å². The van der Waals surface area contributed by atoms with Crippen molar-refractivity contribution in [1.82, 2.24) is 5.32 Å². The Kier molecular flexibility index (Phi) is 5.20. The number of nitrogens with one attached hydrogen (secondary N) is 1. The smallest absolute Gasteiger partial charge is 0.335 e. The van der Waals surface area contributed by atoms with Gasteiger partial charge in [-0.25, -0.2) is 4.79 Å². The molecule has 98 valence electrons. The summed E-state index contributed by atoms with van der Waals surface area (Å²) in [5, 5.41) is 12.0. The van der Waals surface area contributed by atoms with Crippen molar-refractivity contribution in [3.63, 3.8) is 0 Å². The first-order valence-corrected chi connectivity index (χ1v) is 5.44. The lowest BCUT2D eigenvalue weighted by Gasteiger charge is -2.11. The van der Waals surface area contributed by atoms with E-state index in [1.165, 1.54) is 26.4 Å². The third-order valence-electron chi connectivity index (χ3n) is 2.40. The molecule has 18 heavy (non-hydrogen) atoms. The first kappa shape index (κ1) is 14.1. The van der Waals surface area contributed by atoms with Crippen LogP contribution < -0.4 is 14.8 Å². The minimum absolute atomic E-state index is 0.134. The number of aromatic carboxylic acids is 1. The third-order valence-corrected chi connectivity index (χ3v) is 2.40. The molecule has 0 unspecified atom stereocenters. The standard InChI is InChI=1S/C13H17NO4/c1-14-6-4-5-10-11(17-2)7-9(13(15)16)8-12(10)18-3/h4-5,7-8,14H,6H2,1-3H3,(H,15,16). The number of likely N-dealkylation sites (N-methyl/N-ethyl adjacent to an activating group) is 1. The van der Waals surface area contributed by atoms with E-state index in [0.717, 1.165) is 5.56 Å². The van der Waals surface area contributed by atoms with E-state index in [1.807, 2.05) is 19.2 Å². The van der Waals surface area contributed by atoms with E-state index in [2.05, 4.69) is 5.32 Å². The van der Waals surface area contributed by atoms with Crippen LogP contribution in [0, 0.1) is 0 Å². The summed E-state index contributed by atoms with van der Waals surface area (Å²) in [7, 11) is 4.83. The second-order valence-corrected chi connectivity index (χ2v) is 3.56. The fraction of sp³-hybridized carbons (Fsp3) is 0.308. The molecule has 2 N–H and O–H groups in total. The van der Waals surface area contributed by atoms with Crippen LogP contribution in [0.5, 0.6) is 11.5 Å². The van der Waals surface area contributed by atoms with Gasteiger partial charge in [-0.05, 0) is 19.2 Å².